The third kappa shape index (κ3) is 2.90. The quantitative estimate of drug-likeness (QED) is 0.833. The zero-order chi connectivity index (χ0) is 14.2. The highest BCUT2D eigenvalue weighted by Crippen LogP contribution is 2.24. The number of carbonyl (C=O) groups is 1. The van der Waals surface area contributed by atoms with Gasteiger partial charge in [-0.2, -0.15) is 0 Å². The maximum Gasteiger partial charge on any atom is 0.256 e. The van der Waals surface area contributed by atoms with Gasteiger partial charge < -0.3 is 9.80 Å². The predicted octanol–water partition coefficient (Wildman–Crippen LogP) is 2.50. The van der Waals surface area contributed by atoms with E-state index >= 15 is 0 Å². The maximum absolute atomic E-state index is 13.7. The van der Waals surface area contributed by atoms with E-state index in [2.05, 4.69) is 11.8 Å². The number of nitrogens with zero attached hydrogens (tertiary/aromatic N) is 2. The normalized spacial score (nSPS) is 23.2. The first-order valence-electron chi connectivity index (χ1n) is 6.31. The van der Waals surface area contributed by atoms with Crippen molar-refractivity contribution < 1.29 is 9.18 Å². The lowest BCUT2D eigenvalue weighted by molar-refractivity contribution is 0.0777. The van der Waals surface area contributed by atoms with Crippen LogP contribution in [0, 0.1) is 11.7 Å². The molecule has 19 heavy (non-hydrogen) atoms. The SMILES string of the molecule is CC1CN(C(=O)c2cc(Cl)ccc2F)CC1N(C)C. The van der Waals surface area contributed by atoms with Crippen LogP contribution in [0.25, 0.3) is 0 Å². The molecule has 0 N–H and O–H groups in total. The van der Waals surface area contributed by atoms with Crippen molar-refractivity contribution in [2.75, 3.05) is 27.2 Å². The molecule has 1 fully saturated rings. The van der Waals surface area contributed by atoms with Crippen LogP contribution in [-0.2, 0) is 0 Å². The molecule has 0 saturated carbocycles. The minimum absolute atomic E-state index is 0.0547. The molecule has 0 spiro atoms. The van der Waals surface area contributed by atoms with Gasteiger partial charge in [0.15, 0.2) is 0 Å². The number of rotatable bonds is 2. The molecule has 2 atom stereocenters. The molecule has 1 aliphatic heterocycles. The monoisotopic (exact) mass is 284 g/mol. The summed E-state index contributed by atoms with van der Waals surface area (Å²) in [7, 11) is 3.99. The molecule has 2 rings (SSSR count). The number of carbonyl (C=O) groups excluding carboxylic acids is 1. The van der Waals surface area contributed by atoms with Crippen LogP contribution in [0.4, 0.5) is 4.39 Å². The first kappa shape index (κ1) is 14.3. The molecule has 1 aromatic carbocycles. The minimum atomic E-state index is -0.518. The van der Waals surface area contributed by atoms with Gasteiger partial charge in [0, 0.05) is 24.2 Å². The lowest BCUT2D eigenvalue weighted by atomic mass is 10.1. The average molecular weight is 285 g/mol. The number of likely N-dealkylation sites (tertiary alicyclic amines) is 1. The highest BCUT2D eigenvalue weighted by atomic mass is 35.5. The zero-order valence-corrected chi connectivity index (χ0v) is 12.1. The highest BCUT2D eigenvalue weighted by molar-refractivity contribution is 6.31. The van der Waals surface area contributed by atoms with Crippen molar-refractivity contribution >= 4 is 17.5 Å². The molecule has 0 aromatic heterocycles. The van der Waals surface area contributed by atoms with E-state index in [4.69, 9.17) is 11.6 Å². The first-order chi connectivity index (χ1) is 8.90. The van der Waals surface area contributed by atoms with Crippen LogP contribution in [0.5, 0.6) is 0 Å². The topological polar surface area (TPSA) is 23.6 Å². The summed E-state index contributed by atoms with van der Waals surface area (Å²) in [4.78, 5) is 16.1. The van der Waals surface area contributed by atoms with Crippen LogP contribution in [-0.4, -0.2) is 48.9 Å². The molecule has 1 amide bonds. The maximum atomic E-state index is 13.7. The number of likely N-dealkylation sites (N-methyl/N-ethyl adjacent to an activating group) is 1. The molecule has 1 saturated heterocycles. The Balaban J connectivity index is 2.19. The van der Waals surface area contributed by atoms with E-state index in [1.807, 2.05) is 14.1 Å². The van der Waals surface area contributed by atoms with E-state index in [0.29, 0.717) is 30.1 Å². The number of benzene rings is 1. The summed E-state index contributed by atoms with van der Waals surface area (Å²) < 4.78 is 13.7. The van der Waals surface area contributed by atoms with Gasteiger partial charge in [0.05, 0.1) is 5.56 Å². The molecule has 3 nitrogen and oxygen atoms in total. The Bertz CT molecular complexity index is 492. The van der Waals surface area contributed by atoms with Gasteiger partial charge in [0.2, 0.25) is 0 Å². The molecule has 0 bridgehead atoms. The van der Waals surface area contributed by atoms with Gasteiger partial charge in [-0.1, -0.05) is 18.5 Å². The standard InChI is InChI=1S/C14H18ClFN2O/c1-9-7-18(8-13(9)17(2)3)14(19)11-6-10(15)4-5-12(11)16/h4-6,9,13H,7-8H2,1-3H3. The third-order valence-electron chi connectivity index (χ3n) is 3.68. The van der Waals surface area contributed by atoms with E-state index in [-0.39, 0.29) is 11.5 Å². The van der Waals surface area contributed by atoms with E-state index < -0.39 is 5.82 Å². The molecule has 2 unspecified atom stereocenters. The highest BCUT2D eigenvalue weighted by Gasteiger charge is 2.34. The molecule has 0 aliphatic carbocycles. The van der Waals surface area contributed by atoms with E-state index in [1.165, 1.54) is 18.2 Å². The van der Waals surface area contributed by atoms with E-state index in [0.717, 1.165) is 0 Å². The van der Waals surface area contributed by atoms with Gasteiger partial charge in [0.1, 0.15) is 5.82 Å². The van der Waals surface area contributed by atoms with Crippen molar-refractivity contribution in [3.05, 3.63) is 34.6 Å². The van der Waals surface area contributed by atoms with Crippen molar-refractivity contribution in [2.24, 2.45) is 5.92 Å². The fourth-order valence-electron chi connectivity index (χ4n) is 2.62. The fraction of sp³-hybridized carbons (Fsp3) is 0.500. The van der Waals surface area contributed by atoms with Gasteiger partial charge in [-0.3, -0.25) is 4.79 Å². The summed E-state index contributed by atoms with van der Waals surface area (Å²) in [6.45, 7) is 3.37. The predicted molar refractivity (Wildman–Crippen MR) is 74.0 cm³/mol. The van der Waals surface area contributed by atoms with Gasteiger partial charge in [-0.15, -0.1) is 0 Å². The Labute approximate surface area is 117 Å². The number of hydrogen-bond donors (Lipinski definition) is 0. The fourth-order valence-corrected chi connectivity index (χ4v) is 2.79. The second-order valence-electron chi connectivity index (χ2n) is 5.34. The van der Waals surface area contributed by atoms with E-state index in [1.54, 1.807) is 4.90 Å². The van der Waals surface area contributed by atoms with Crippen LogP contribution in [0.3, 0.4) is 0 Å². The van der Waals surface area contributed by atoms with Gasteiger partial charge in [-0.25, -0.2) is 4.39 Å². The molecule has 1 heterocycles. The Kier molecular flexibility index (Phi) is 4.11. The summed E-state index contributed by atoms with van der Waals surface area (Å²) in [5, 5.41) is 0.376. The molecular formula is C14H18ClFN2O. The summed E-state index contributed by atoms with van der Waals surface area (Å²) in [6, 6.07) is 4.39. The number of amides is 1. The van der Waals surface area contributed by atoms with Crippen LogP contribution in [0.1, 0.15) is 17.3 Å². The minimum Gasteiger partial charge on any atom is -0.337 e. The molecule has 0 radical (unpaired) electrons. The van der Waals surface area contributed by atoms with Crippen molar-refractivity contribution in [1.82, 2.24) is 9.80 Å². The second kappa shape index (κ2) is 5.47. The van der Waals surface area contributed by atoms with Gasteiger partial charge in [-0.05, 0) is 38.2 Å². The first-order valence-corrected chi connectivity index (χ1v) is 6.68. The third-order valence-corrected chi connectivity index (χ3v) is 3.92. The Morgan fingerprint density at radius 3 is 2.68 bits per heavy atom. The molecule has 5 heteroatoms. The Morgan fingerprint density at radius 2 is 2.11 bits per heavy atom. The van der Waals surface area contributed by atoms with Crippen LogP contribution in [0.15, 0.2) is 18.2 Å². The van der Waals surface area contributed by atoms with Crippen LogP contribution >= 0.6 is 11.6 Å². The lowest BCUT2D eigenvalue weighted by Gasteiger charge is -2.22. The second-order valence-corrected chi connectivity index (χ2v) is 5.78. The van der Waals surface area contributed by atoms with Crippen LogP contribution in [0.2, 0.25) is 5.02 Å². The molecule has 1 aliphatic rings. The largest absolute Gasteiger partial charge is 0.337 e. The Morgan fingerprint density at radius 1 is 1.42 bits per heavy atom. The van der Waals surface area contributed by atoms with Crippen molar-refractivity contribution in [3.8, 4) is 0 Å². The van der Waals surface area contributed by atoms with Crippen molar-refractivity contribution in [3.63, 3.8) is 0 Å². The molecular weight excluding hydrogens is 267 g/mol. The summed E-state index contributed by atoms with van der Waals surface area (Å²) in [5.41, 5.74) is 0.0547. The Hall–Kier alpha value is -1.13. The molecule has 1 aromatic rings. The van der Waals surface area contributed by atoms with Gasteiger partial charge >= 0.3 is 0 Å². The number of hydrogen-bond acceptors (Lipinski definition) is 2. The molecule has 104 valence electrons. The number of halogens is 2. The summed E-state index contributed by atoms with van der Waals surface area (Å²) in [5.74, 6) is -0.423. The smallest absolute Gasteiger partial charge is 0.256 e. The summed E-state index contributed by atoms with van der Waals surface area (Å²) in [6.07, 6.45) is 0. The van der Waals surface area contributed by atoms with Gasteiger partial charge in [0.25, 0.3) is 5.91 Å². The average Bonchev–Trinajstić information content (AvgIpc) is 2.74. The lowest BCUT2D eigenvalue weighted by Crippen LogP contribution is -2.36. The summed E-state index contributed by atoms with van der Waals surface area (Å²) >= 11 is 5.83. The van der Waals surface area contributed by atoms with E-state index in [9.17, 15) is 9.18 Å². The van der Waals surface area contributed by atoms with Crippen LogP contribution < -0.4 is 0 Å². The van der Waals surface area contributed by atoms with Crippen molar-refractivity contribution in [1.29, 1.82) is 0 Å². The van der Waals surface area contributed by atoms with Crippen molar-refractivity contribution in [2.45, 2.75) is 13.0 Å². The zero-order valence-electron chi connectivity index (χ0n) is 11.4.